The maximum absolute atomic E-state index is 12.7. The third-order valence-corrected chi connectivity index (χ3v) is 2.93. The van der Waals surface area contributed by atoms with Gasteiger partial charge in [-0.25, -0.2) is 0 Å². The molecule has 0 saturated heterocycles. The minimum atomic E-state index is -4.50. The van der Waals surface area contributed by atoms with Crippen molar-refractivity contribution in [3.63, 3.8) is 0 Å². The van der Waals surface area contributed by atoms with Gasteiger partial charge in [0.05, 0.1) is 23.1 Å². The zero-order chi connectivity index (χ0) is 15.6. The van der Waals surface area contributed by atoms with Crippen molar-refractivity contribution in [1.29, 1.82) is 0 Å². The van der Waals surface area contributed by atoms with Gasteiger partial charge >= 0.3 is 6.18 Å². The number of hydrogen-bond acceptors (Lipinski definition) is 3. The Balaban J connectivity index is 2.35. The predicted octanol–water partition coefficient (Wildman–Crippen LogP) is 2.96. The number of benzene rings is 1. The molecular formula is C14H12F3N3O. The number of amides is 1. The molecule has 0 bridgehead atoms. The van der Waals surface area contributed by atoms with Crippen molar-refractivity contribution in [2.75, 3.05) is 17.7 Å². The first kappa shape index (κ1) is 14.8. The normalized spacial score (nSPS) is 11.2. The maximum Gasteiger partial charge on any atom is 0.416 e. The monoisotopic (exact) mass is 295 g/mol. The lowest BCUT2D eigenvalue weighted by Gasteiger charge is -2.19. The van der Waals surface area contributed by atoms with Gasteiger partial charge in [0.25, 0.3) is 5.91 Å². The van der Waals surface area contributed by atoms with Crippen LogP contribution in [0.1, 0.15) is 15.9 Å². The molecule has 110 valence electrons. The summed E-state index contributed by atoms with van der Waals surface area (Å²) in [5, 5.41) is 0. The molecule has 0 spiro atoms. The van der Waals surface area contributed by atoms with E-state index >= 15 is 0 Å². The fourth-order valence-corrected chi connectivity index (χ4v) is 1.84. The summed E-state index contributed by atoms with van der Waals surface area (Å²) in [5.74, 6) is -0.584. The SMILES string of the molecule is CN(C(=O)c1cccc(C(F)(F)F)c1)c1ccncc1N. The first-order valence-electron chi connectivity index (χ1n) is 5.95. The number of pyridine rings is 1. The summed E-state index contributed by atoms with van der Waals surface area (Å²) in [6.07, 6.45) is -1.68. The third-order valence-electron chi connectivity index (χ3n) is 2.93. The summed E-state index contributed by atoms with van der Waals surface area (Å²) in [6, 6.07) is 5.76. The van der Waals surface area contributed by atoms with E-state index in [0.29, 0.717) is 5.69 Å². The van der Waals surface area contributed by atoms with Gasteiger partial charge in [-0.05, 0) is 24.3 Å². The van der Waals surface area contributed by atoms with E-state index in [4.69, 9.17) is 5.73 Å². The standard InChI is InChI=1S/C14H12F3N3O/c1-20(12-5-6-19-8-11(12)18)13(21)9-3-2-4-10(7-9)14(15,16)17/h2-8H,18H2,1H3. The summed E-state index contributed by atoms with van der Waals surface area (Å²) >= 11 is 0. The van der Waals surface area contributed by atoms with Crippen molar-refractivity contribution >= 4 is 17.3 Å². The Bertz CT molecular complexity index is 671. The Morgan fingerprint density at radius 3 is 2.62 bits per heavy atom. The molecule has 2 N–H and O–H groups in total. The quantitative estimate of drug-likeness (QED) is 0.926. The molecule has 0 saturated carbocycles. The number of aromatic nitrogens is 1. The lowest BCUT2D eigenvalue weighted by Crippen LogP contribution is -2.27. The van der Waals surface area contributed by atoms with Crippen molar-refractivity contribution < 1.29 is 18.0 Å². The maximum atomic E-state index is 12.7. The van der Waals surface area contributed by atoms with E-state index < -0.39 is 17.6 Å². The zero-order valence-corrected chi connectivity index (χ0v) is 11.1. The van der Waals surface area contributed by atoms with Crippen LogP contribution < -0.4 is 10.6 Å². The molecule has 1 aromatic carbocycles. The molecule has 0 aliphatic rings. The molecule has 1 amide bonds. The van der Waals surface area contributed by atoms with Crippen LogP contribution in [0.4, 0.5) is 24.5 Å². The second-order valence-corrected chi connectivity index (χ2v) is 4.38. The minimum absolute atomic E-state index is 0.0662. The number of nitrogen functional groups attached to an aromatic ring is 1. The topological polar surface area (TPSA) is 59.2 Å². The minimum Gasteiger partial charge on any atom is -0.396 e. The molecule has 0 aliphatic heterocycles. The molecule has 1 aromatic heterocycles. The second kappa shape index (κ2) is 5.43. The number of hydrogen-bond donors (Lipinski definition) is 1. The molecule has 1 heterocycles. The van der Waals surface area contributed by atoms with E-state index in [9.17, 15) is 18.0 Å². The van der Waals surface area contributed by atoms with Gasteiger partial charge in [-0.1, -0.05) is 6.07 Å². The van der Waals surface area contributed by atoms with E-state index in [2.05, 4.69) is 4.98 Å². The summed E-state index contributed by atoms with van der Waals surface area (Å²) < 4.78 is 38.0. The largest absolute Gasteiger partial charge is 0.416 e. The Morgan fingerprint density at radius 1 is 1.29 bits per heavy atom. The molecule has 0 unspecified atom stereocenters. The van der Waals surface area contributed by atoms with Crippen molar-refractivity contribution in [2.45, 2.75) is 6.18 Å². The summed E-state index contributed by atoms with van der Waals surface area (Å²) in [7, 11) is 1.44. The lowest BCUT2D eigenvalue weighted by atomic mass is 10.1. The van der Waals surface area contributed by atoms with Crippen LogP contribution in [-0.2, 0) is 6.18 Å². The molecule has 4 nitrogen and oxygen atoms in total. The van der Waals surface area contributed by atoms with Gasteiger partial charge in [0.2, 0.25) is 0 Å². The van der Waals surface area contributed by atoms with Gasteiger partial charge < -0.3 is 10.6 Å². The highest BCUT2D eigenvalue weighted by atomic mass is 19.4. The van der Waals surface area contributed by atoms with Gasteiger partial charge in [-0.3, -0.25) is 9.78 Å². The fourth-order valence-electron chi connectivity index (χ4n) is 1.84. The van der Waals surface area contributed by atoms with E-state index in [-0.39, 0.29) is 11.3 Å². The van der Waals surface area contributed by atoms with Gasteiger partial charge in [-0.15, -0.1) is 0 Å². The molecule has 0 fully saturated rings. The molecule has 21 heavy (non-hydrogen) atoms. The van der Waals surface area contributed by atoms with E-state index in [0.717, 1.165) is 12.1 Å². The Labute approximate surface area is 119 Å². The molecule has 0 aliphatic carbocycles. The van der Waals surface area contributed by atoms with Crippen molar-refractivity contribution in [3.05, 3.63) is 53.9 Å². The molecule has 2 aromatic rings. The van der Waals surface area contributed by atoms with E-state index in [1.54, 1.807) is 0 Å². The third kappa shape index (κ3) is 3.13. The number of carbonyl (C=O) groups excluding carboxylic acids is 1. The summed E-state index contributed by atoms with van der Waals surface area (Å²) in [4.78, 5) is 17.2. The Morgan fingerprint density at radius 2 is 2.00 bits per heavy atom. The van der Waals surface area contributed by atoms with Crippen molar-refractivity contribution in [3.8, 4) is 0 Å². The lowest BCUT2D eigenvalue weighted by molar-refractivity contribution is -0.137. The van der Waals surface area contributed by atoms with Crippen LogP contribution in [0.5, 0.6) is 0 Å². The summed E-state index contributed by atoms with van der Waals surface area (Å²) in [5.41, 5.74) is 5.41. The van der Waals surface area contributed by atoms with E-state index in [1.807, 2.05) is 0 Å². The van der Waals surface area contributed by atoms with Crippen molar-refractivity contribution in [2.24, 2.45) is 0 Å². The van der Waals surface area contributed by atoms with Crippen LogP contribution in [-0.4, -0.2) is 17.9 Å². The second-order valence-electron chi connectivity index (χ2n) is 4.38. The highest BCUT2D eigenvalue weighted by molar-refractivity contribution is 6.07. The van der Waals surface area contributed by atoms with Crippen LogP contribution >= 0.6 is 0 Å². The van der Waals surface area contributed by atoms with Crippen LogP contribution in [0.3, 0.4) is 0 Å². The number of carbonyl (C=O) groups is 1. The Hall–Kier alpha value is -2.57. The average Bonchev–Trinajstić information content (AvgIpc) is 2.45. The summed E-state index contributed by atoms with van der Waals surface area (Å²) in [6.45, 7) is 0. The number of alkyl halides is 3. The van der Waals surface area contributed by atoms with Crippen LogP contribution in [0.15, 0.2) is 42.7 Å². The Kier molecular flexibility index (Phi) is 3.84. The number of anilines is 2. The van der Waals surface area contributed by atoms with Crippen LogP contribution in [0.25, 0.3) is 0 Å². The van der Waals surface area contributed by atoms with Crippen LogP contribution in [0.2, 0.25) is 0 Å². The number of nitrogens with two attached hydrogens (primary N) is 1. The molecule has 0 radical (unpaired) electrons. The first-order valence-corrected chi connectivity index (χ1v) is 5.95. The van der Waals surface area contributed by atoms with Crippen molar-refractivity contribution in [1.82, 2.24) is 4.98 Å². The molecule has 0 atom stereocenters. The van der Waals surface area contributed by atoms with Gasteiger partial charge in [0.1, 0.15) is 0 Å². The molecule has 7 heteroatoms. The predicted molar refractivity (Wildman–Crippen MR) is 72.8 cm³/mol. The highest BCUT2D eigenvalue weighted by Crippen LogP contribution is 2.30. The van der Waals surface area contributed by atoms with Gasteiger partial charge in [-0.2, -0.15) is 13.2 Å². The highest BCUT2D eigenvalue weighted by Gasteiger charge is 2.31. The van der Waals surface area contributed by atoms with Gasteiger partial charge in [0, 0.05) is 18.8 Å². The first-order chi connectivity index (χ1) is 9.80. The van der Waals surface area contributed by atoms with Gasteiger partial charge in [0.15, 0.2) is 0 Å². The van der Waals surface area contributed by atoms with Crippen LogP contribution in [0, 0.1) is 0 Å². The van der Waals surface area contributed by atoms with E-state index in [1.165, 1.54) is 42.5 Å². The smallest absolute Gasteiger partial charge is 0.396 e. The molecule has 2 rings (SSSR count). The number of rotatable bonds is 2. The number of halogens is 3. The fraction of sp³-hybridized carbons (Fsp3) is 0.143. The molecular weight excluding hydrogens is 283 g/mol. The zero-order valence-electron chi connectivity index (χ0n) is 11.1. The average molecular weight is 295 g/mol. The number of nitrogens with zero attached hydrogens (tertiary/aromatic N) is 2.